The molecule has 7 N–H and O–H groups in total. The number of nitrogens with two attached hydrogens (primary N) is 2. The van der Waals surface area contributed by atoms with E-state index >= 15 is 0 Å². The molecule has 2 aliphatic heterocycles. The molecule has 7 heterocycles. The zero-order valence-corrected chi connectivity index (χ0v) is 40.5. The van der Waals surface area contributed by atoms with E-state index in [1.807, 2.05) is 26.0 Å². The van der Waals surface area contributed by atoms with Crippen LogP contribution in [0.5, 0.6) is 11.5 Å². The number of methoxy groups -OCH3 is 1. The number of hydrogen-bond donors (Lipinski definition) is 5. The maximum Gasteiger partial charge on any atom is 0.295 e. The molecule has 23 heteroatoms. The highest BCUT2D eigenvalue weighted by atomic mass is 16.5. The van der Waals surface area contributed by atoms with E-state index in [9.17, 15) is 19.2 Å². The first-order valence-electron chi connectivity index (χ1n) is 23.8. The van der Waals surface area contributed by atoms with Gasteiger partial charge in [0.05, 0.1) is 42.7 Å². The molecule has 1 fully saturated rings. The maximum atomic E-state index is 13.9. The molecule has 0 unspecified atom stereocenters. The Morgan fingerprint density at radius 1 is 0.845 bits per heavy atom. The summed E-state index contributed by atoms with van der Waals surface area (Å²) in [5.41, 5.74) is 15.1. The Morgan fingerprint density at radius 3 is 2.13 bits per heavy atom. The van der Waals surface area contributed by atoms with Crippen LogP contribution < -0.4 is 36.9 Å². The number of benzene rings is 2. The number of imidazole rings is 2. The highest BCUT2D eigenvalue weighted by Gasteiger charge is 2.28. The van der Waals surface area contributed by atoms with Crippen molar-refractivity contribution in [2.45, 2.75) is 92.0 Å². The lowest BCUT2D eigenvalue weighted by Crippen LogP contribution is -2.36. The Kier molecular flexibility index (Phi) is 13.9. The average molecular weight is 971 g/mol. The largest absolute Gasteiger partial charge is 0.494 e. The van der Waals surface area contributed by atoms with E-state index in [0.717, 1.165) is 63.8 Å². The van der Waals surface area contributed by atoms with Gasteiger partial charge in [-0.2, -0.15) is 5.10 Å². The molecule has 9 rings (SSSR count). The van der Waals surface area contributed by atoms with Gasteiger partial charge in [-0.1, -0.05) is 19.1 Å². The molecule has 0 bridgehead atoms. The zero-order valence-electron chi connectivity index (χ0n) is 40.5. The number of amides is 4. The fourth-order valence-corrected chi connectivity index (χ4v) is 9.40. The first-order chi connectivity index (χ1) is 34.3. The lowest BCUT2D eigenvalue weighted by molar-refractivity contribution is 0.0987. The summed E-state index contributed by atoms with van der Waals surface area (Å²) in [7, 11) is 1.47. The lowest BCUT2D eigenvalue weighted by atomic mass is 9.95. The number of aryl methyl sites for hydroxylation is 4. The third-order valence-corrected chi connectivity index (χ3v) is 12.9. The predicted molar refractivity (Wildman–Crippen MR) is 262 cm³/mol. The molecule has 5 aromatic heterocycles. The molecule has 7 aromatic rings. The predicted octanol–water partition coefficient (Wildman–Crippen LogP) is 4.08. The number of allylic oxidation sites excluding steroid dienone is 2. The van der Waals surface area contributed by atoms with Gasteiger partial charge in [0, 0.05) is 63.2 Å². The van der Waals surface area contributed by atoms with Crippen LogP contribution in [0.15, 0.2) is 46.9 Å². The first kappa shape index (κ1) is 48.1. The normalized spacial score (nSPS) is 14.4. The molecule has 2 aromatic carbocycles. The van der Waals surface area contributed by atoms with Crippen LogP contribution in [0, 0.1) is 13.8 Å². The van der Waals surface area contributed by atoms with Crippen molar-refractivity contribution in [3.63, 3.8) is 0 Å². The summed E-state index contributed by atoms with van der Waals surface area (Å²) in [4.78, 5) is 69.0. The van der Waals surface area contributed by atoms with Crippen molar-refractivity contribution < 1.29 is 33.1 Å². The van der Waals surface area contributed by atoms with Crippen LogP contribution in [0.3, 0.4) is 0 Å². The van der Waals surface area contributed by atoms with Gasteiger partial charge in [0.25, 0.3) is 11.8 Å². The van der Waals surface area contributed by atoms with Crippen LogP contribution in [0.1, 0.15) is 110 Å². The zero-order chi connectivity index (χ0) is 49.9. The van der Waals surface area contributed by atoms with Gasteiger partial charge in [0.15, 0.2) is 5.89 Å². The first-order valence-corrected chi connectivity index (χ1v) is 23.8. The molecule has 2 aliphatic rings. The number of oxazole rings is 1. The van der Waals surface area contributed by atoms with E-state index in [0.29, 0.717) is 88.4 Å². The number of aromatic nitrogens is 10. The number of likely N-dealkylation sites (tertiary alicyclic amines) is 1. The summed E-state index contributed by atoms with van der Waals surface area (Å²) in [6.07, 6.45) is 6.84. The van der Waals surface area contributed by atoms with E-state index in [-0.39, 0.29) is 41.9 Å². The average Bonchev–Trinajstić information content (AvgIpc) is 4.20. The summed E-state index contributed by atoms with van der Waals surface area (Å²) in [5, 5.41) is 22.6. The van der Waals surface area contributed by atoms with Crippen molar-refractivity contribution >= 4 is 57.6 Å². The van der Waals surface area contributed by atoms with E-state index in [1.54, 1.807) is 45.9 Å². The number of anilines is 2. The van der Waals surface area contributed by atoms with Crippen molar-refractivity contribution in [1.82, 2.24) is 58.8 Å². The number of piperidine rings is 1. The van der Waals surface area contributed by atoms with Crippen LogP contribution in [-0.2, 0) is 39.1 Å². The van der Waals surface area contributed by atoms with Gasteiger partial charge in [0.2, 0.25) is 29.5 Å². The topological polar surface area (TPSA) is 288 Å². The molecule has 0 aliphatic carbocycles. The van der Waals surface area contributed by atoms with Gasteiger partial charge < -0.3 is 49.3 Å². The second-order valence-corrected chi connectivity index (χ2v) is 17.6. The fourth-order valence-electron chi connectivity index (χ4n) is 9.40. The number of carbonyl (C=O) groups excluding carboxylic acids is 4. The molecule has 0 radical (unpaired) electrons. The van der Waals surface area contributed by atoms with Crippen LogP contribution in [0.4, 0.5) is 11.9 Å². The van der Waals surface area contributed by atoms with Gasteiger partial charge in [-0.25, -0.2) is 15.0 Å². The molecular formula is C48H58N16O7. The van der Waals surface area contributed by atoms with Gasteiger partial charge in [-0.05, 0) is 83.0 Å². The molecule has 0 atom stereocenters. The number of nitrogens with zero attached hydrogens (tertiary/aromatic N) is 11. The van der Waals surface area contributed by atoms with Crippen molar-refractivity contribution in [3.05, 3.63) is 94.0 Å². The summed E-state index contributed by atoms with van der Waals surface area (Å²) >= 11 is 0. The standard InChI is InChI=1S/C48H58N16O7/c1-6-32-41(71-28(4)52-32)46(68)56-48-54-34-23-31(43(50)66)25-37(70-20-10-14-60-17-11-29(12-18-60)44-58-57-38-26-51-13-19-61(38)44)40(34)63(48)16-9-8-15-62-39-33(22-30(42(49)65)24-36(39)69-5)53-47(62)55-45(67)35-21-27(3)59-64(35)7-2/h8-9,21-25,29,51H,6-7,10-20,26H2,1-5H3,(H2,49,65)(H2,50,66)(H,53,55,67)(H,54,56,68)/b9-8+. The molecule has 1 saturated heterocycles. The number of primary amides is 2. The number of fused-ring (bicyclic) bond motifs is 3. The third kappa shape index (κ3) is 9.95. The fraction of sp³-hybridized carbons (Fsp3) is 0.417. The molecule has 0 spiro atoms. The minimum absolute atomic E-state index is 0.0581. The molecule has 71 heavy (non-hydrogen) atoms. The Morgan fingerprint density at radius 2 is 1.49 bits per heavy atom. The van der Waals surface area contributed by atoms with Crippen molar-refractivity contribution in [2.24, 2.45) is 11.5 Å². The van der Waals surface area contributed by atoms with Crippen molar-refractivity contribution in [1.29, 1.82) is 0 Å². The Hall–Kier alpha value is -7.92. The van der Waals surface area contributed by atoms with Gasteiger partial charge >= 0.3 is 0 Å². The monoisotopic (exact) mass is 970 g/mol. The molecule has 0 saturated carbocycles. The number of carbonyl (C=O) groups is 4. The SMILES string of the molecule is CCc1nc(C)oc1C(=O)Nc1nc2cc(C(N)=O)cc(OCCCN3CCC(c4nnc5n4CCNC5)CC3)c2n1C/C=C/Cn1c(NC(=O)c2cc(C)nn2CC)nc2cc(C(N)=O)cc(OC)c21. The minimum Gasteiger partial charge on any atom is -0.494 e. The Balaban J connectivity index is 0.995. The Labute approximate surface area is 407 Å². The van der Waals surface area contributed by atoms with Gasteiger partial charge in [-0.15, -0.1) is 10.2 Å². The molecular weight excluding hydrogens is 913 g/mol. The van der Waals surface area contributed by atoms with Crippen LogP contribution in [0.25, 0.3) is 22.1 Å². The molecule has 4 amide bonds. The number of nitrogens with one attached hydrogen (secondary N) is 3. The van der Waals surface area contributed by atoms with E-state index in [1.165, 1.54) is 19.2 Å². The third-order valence-electron chi connectivity index (χ3n) is 12.9. The highest BCUT2D eigenvalue weighted by Crippen LogP contribution is 2.34. The minimum atomic E-state index is -0.672. The van der Waals surface area contributed by atoms with Crippen molar-refractivity contribution in [3.8, 4) is 11.5 Å². The van der Waals surface area contributed by atoms with Crippen LogP contribution in [0.2, 0.25) is 0 Å². The summed E-state index contributed by atoms with van der Waals surface area (Å²) in [6.45, 7) is 13.5. The van der Waals surface area contributed by atoms with E-state index in [2.05, 4.69) is 45.7 Å². The number of rotatable bonds is 19. The Bertz CT molecular complexity index is 3180. The summed E-state index contributed by atoms with van der Waals surface area (Å²) in [6, 6.07) is 7.91. The second-order valence-electron chi connectivity index (χ2n) is 17.6. The molecule has 372 valence electrons. The molecule has 23 nitrogen and oxygen atoms in total. The highest BCUT2D eigenvalue weighted by molar-refractivity contribution is 6.05. The lowest BCUT2D eigenvalue weighted by Gasteiger charge is -2.32. The smallest absolute Gasteiger partial charge is 0.295 e. The van der Waals surface area contributed by atoms with Crippen molar-refractivity contribution in [2.75, 3.05) is 50.5 Å². The van der Waals surface area contributed by atoms with E-state index in [4.69, 9.17) is 35.3 Å². The van der Waals surface area contributed by atoms with Gasteiger partial charge in [0.1, 0.15) is 39.9 Å². The van der Waals surface area contributed by atoms with Crippen LogP contribution >= 0.6 is 0 Å². The van der Waals surface area contributed by atoms with E-state index < -0.39 is 23.6 Å². The number of ether oxygens (including phenoxy) is 2. The van der Waals surface area contributed by atoms with Gasteiger partial charge in [-0.3, -0.25) is 34.5 Å². The second kappa shape index (κ2) is 20.6. The van der Waals surface area contributed by atoms with Crippen LogP contribution in [-0.4, -0.2) is 117 Å². The maximum absolute atomic E-state index is 13.9. The summed E-state index contributed by atoms with van der Waals surface area (Å²) in [5.74, 6) is 1.51. The summed E-state index contributed by atoms with van der Waals surface area (Å²) < 4.78 is 25.4. The quantitative estimate of drug-likeness (QED) is 0.0564. The number of hydrogen-bond acceptors (Lipinski definition) is 15.